The van der Waals surface area contributed by atoms with E-state index in [0.717, 1.165) is 24.0 Å². The second kappa shape index (κ2) is 5.45. The fourth-order valence-corrected chi connectivity index (χ4v) is 1.93. The highest BCUT2D eigenvalue weighted by Gasteiger charge is 2.19. The Morgan fingerprint density at radius 1 is 1.32 bits per heavy atom. The molecule has 2 aromatic rings. The van der Waals surface area contributed by atoms with Gasteiger partial charge in [0.2, 0.25) is 0 Å². The van der Waals surface area contributed by atoms with E-state index in [1.165, 1.54) is 18.4 Å². The van der Waals surface area contributed by atoms with Crippen LogP contribution in [0.3, 0.4) is 0 Å². The van der Waals surface area contributed by atoms with Gasteiger partial charge in [-0.05, 0) is 30.5 Å². The van der Waals surface area contributed by atoms with Crippen molar-refractivity contribution in [2.24, 2.45) is 7.05 Å². The lowest BCUT2D eigenvalue weighted by Crippen LogP contribution is -2.15. The van der Waals surface area contributed by atoms with Gasteiger partial charge in [0.05, 0.1) is 18.2 Å². The molecule has 1 aliphatic rings. The molecule has 0 radical (unpaired) electrons. The highest BCUT2D eigenvalue weighted by molar-refractivity contribution is 5.27. The topological polar surface area (TPSA) is 39.1 Å². The number of aryl methyl sites for hydroxylation is 1. The van der Waals surface area contributed by atoms with Crippen molar-refractivity contribution in [3.63, 3.8) is 0 Å². The molecule has 1 aromatic heterocycles. The Balaban J connectivity index is 1.52. The SMILES string of the molecule is Cn1cncc1COc1ccc(CNC2CC2)cc1. The van der Waals surface area contributed by atoms with Crippen LogP contribution in [0.1, 0.15) is 24.1 Å². The molecule has 4 nitrogen and oxygen atoms in total. The van der Waals surface area contributed by atoms with E-state index < -0.39 is 0 Å². The van der Waals surface area contributed by atoms with Crippen molar-refractivity contribution in [1.82, 2.24) is 14.9 Å². The Morgan fingerprint density at radius 3 is 2.74 bits per heavy atom. The summed E-state index contributed by atoms with van der Waals surface area (Å²) >= 11 is 0. The second-order valence-electron chi connectivity index (χ2n) is 5.08. The predicted molar refractivity (Wildman–Crippen MR) is 73.8 cm³/mol. The molecule has 1 aliphatic carbocycles. The van der Waals surface area contributed by atoms with Gasteiger partial charge < -0.3 is 14.6 Å². The van der Waals surface area contributed by atoms with E-state index in [1.54, 1.807) is 6.33 Å². The van der Waals surface area contributed by atoms with Gasteiger partial charge in [0.1, 0.15) is 12.4 Å². The molecule has 0 bridgehead atoms. The zero-order valence-electron chi connectivity index (χ0n) is 11.2. The minimum atomic E-state index is 0.552. The molecule has 1 N–H and O–H groups in total. The van der Waals surface area contributed by atoms with Crippen LogP contribution in [-0.4, -0.2) is 15.6 Å². The van der Waals surface area contributed by atoms with Crippen LogP contribution < -0.4 is 10.1 Å². The van der Waals surface area contributed by atoms with Crippen LogP contribution in [0.5, 0.6) is 5.75 Å². The first-order valence-corrected chi connectivity index (χ1v) is 6.71. The van der Waals surface area contributed by atoms with E-state index in [0.29, 0.717) is 6.61 Å². The Morgan fingerprint density at radius 2 is 2.11 bits per heavy atom. The van der Waals surface area contributed by atoms with Gasteiger partial charge >= 0.3 is 0 Å². The van der Waals surface area contributed by atoms with E-state index in [2.05, 4.69) is 22.4 Å². The van der Waals surface area contributed by atoms with Gasteiger partial charge in [-0.15, -0.1) is 0 Å². The highest BCUT2D eigenvalue weighted by atomic mass is 16.5. The fraction of sp³-hybridized carbons (Fsp3) is 0.400. The Hall–Kier alpha value is -1.81. The van der Waals surface area contributed by atoms with Gasteiger partial charge in [-0.25, -0.2) is 4.98 Å². The molecule has 0 aliphatic heterocycles. The first-order valence-electron chi connectivity index (χ1n) is 6.71. The van der Waals surface area contributed by atoms with E-state index >= 15 is 0 Å². The molecule has 0 unspecified atom stereocenters. The zero-order chi connectivity index (χ0) is 13.1. The monoisotopic (exact) mass is 257 g/mol. The molecule has 1 aromatic carbocycles. The van der Waals surface area contributed by atoms with Crippen molar-refractivity contribution >= 4 is 0 Å². The van der Waals surface area contributed by atoms with Crippen LogP contribution in [0.25, 0.3) is 0 Å². The average Bonchev–Trinajstić information content (AvgIpc) is 3.18. The summed E-state index contributed by atoms with van der Waals surface area (Å²) in [6.45, 7) is 1.50. The van der Waals surface area contributed by atoms with Gasteiger partial charge in [0.25, 0.3) is 0 Å². The Labute approximate surface area is 113 Å². The summed E-state index contributed by atoms with van der Waals surface area (Å²) in [4.78, 5) is 4.07. The quantitative estimate of drug-likeness (QED) is 0.862. The molecule has 0 spiro atoms. The van der Waals surface area contributed by atoms with Crippen molar-refractivity contribution in [1.29, 1.82) is 0 Å². The van der Waals surface area contributed by atoms with Crippen molar-refractivity contribution in [3.8, 4) is 5.75 Å². The lowest BCUT2D eigenvalue weighted by Gasteiger charge is -2.08. The number of benzene rings is 1. The van der Waals surface area contributed by atoms with Crippen molar-refractivity contribution < 1.29 is 4.74 Å². The molecule has 0 atom stereocenters. The van der Waals surface area contributed by atoms with Crippen LogP contribution in [0.4, 0.5) is 0 Å². The summed E-state index contributed by atoms with van der Waals surface area (Å²) in [6.07, 6.45) is 6.26. The number of hydrogen-bond donors (Lipinski definition) is 1. The van der Waals surface area contributed by atoms with Crippen LogP contribution in [-0.2, 0) is 20.2 Å². The number of hydrogen-bond acceptors (Lipinski definition) is 3. The molecule has 3 rings (SSSR count). The molecule has 1 heterocycles. The van der Waals surface area contributed by atoms with Crippen molar-refractivity contribution in [3.05, 3.63) is 48.0 Å². The van der Waals surface area contributed by atoms with Crippen LogP contribution in [0, 0.1) is 0 Å². The maximum absolute atomic E-state index is 5.74. The minimum absolute atomic E-state index is 0.552. The van der Waals surface area contributed by atoms with Gasteiger partial charge in [-0.3, -0.25) is 0 Å². The van der Waals surface area contributed by atoms with E-state index in [9.17, 15) is 0 Å². The smallest absolute Gasteiger partial charge is 0.130 e. The fourth-order valence-electron chi connectivity index (χ4n) is 1.93. The number of imidazole rings is 1. The third kappa shape index (κ3) is 3.35. The third-order valence-electron chi connectivity index (χ3n) is 3.40. The van der Waals surface area contributed by atoms with E-state index in [-0.39, 0.29) is 0 Å². The third-order valence-corrected chi connectivity index (χ3v) is 3.40. The summed E-state index contributed by atoms with van der Waals surface area (Å²) in [5, 5.41) is 3.50. The minimum Gasteiger partial charge on any atom is -0.487 e. The first kappa shape index (κ1) is 12.2. The molecular weight excluding hydrogens is 238 g/mol. The van der Waals surface area contributed by atoms with Crippen LogP contribution in [0.15, 0.2) is 36.8 Å². The number of rotatable bonds is 6. The summed E-state index contributed by atoms with van der Waals surface area (Å²) in [7, 11) is 1.97. The van der Waals surface area contributed by atoms with Gasteiger partial charge in [0, 0.05) is 19.6 Å². The Bertz CT molecular complexity index is 529. The average molecular weight is 257 g/mol. The van der Waals surface area contributed by atoms with E-state index in [4.69, 9.17) is 4.74 Å². The molecule has 0 saturated heterocycles. The molecule has 100 valence electrons. The van der Waals surface area contributed by atoms with Crippen LogP contribution >= 0.6 is 0 Å². The highest BCUT2D eigenvalue weighted by Crippen LogP contribution is 2.20. The summed E-state index contributed by atoms with van der Waals surface area (Å²) in [5.74, 6) is 0.899. The standard InChI is InChI=1S/C15H19N3O/c1-18-11-16-9-14(18)10-19-15-6-2-12(3-7-15)8-17-13-4-5-13/h2-3,6-7,9,11,13,17H,4-5,8,10H2,1H3. The normalized spacial score (nSPS) is 14.6. The van der Waals surface area contributed by atoms with Gasteiger partial charge in [0.15, 0.2) is 0 Å². The lowest BCUT2D eigenvalue weighted by atomic mass is 10.2. The number of nitrogens with one attached hydrogen (secondary N) is 1. The largest absolute Gasteiger partial charge is 0.487 e. The maximum atomic E-state index is 5.74. The summed E-state index contributed by atoms with van der Waals surface area (Å²) in [6, 6.07) is 9.04. The molecule has 19 heavy (non-hydrogen) atoms. The summed E-state index contributed by atoms with van der Waals surface area (Å²) < 4.78 is 7.71. The molecule has 1 fully saturated rings. The van der Waals surface area contributed by atoms with Crippen LogP contribution in [0.2, 0.25) is 0 Å². The van der Waals surface area contributed by atoms with Gasteiger partial charge in [-0.2, -0.15) is 0 Å². The Kier molecular flexibility index (Phi) is 3.51. The maximum Gasteiger partial charge on any atom is 0.130 e. The number of aromatic nitrogens is 2. The lowest BCUT2D eigenvalue weighted by molar-refractivity contribution is 0.297. The molecule has 4 heteroatoms. The number of nitrogens with zero attached hydrogens (tertiary/aromatic N) is 2. The van der Waals surface area contributed by atoms with Gasteiger partial charge in [-0.1, -0.05) is 12.1 Å². The number of ether oxygens (including phenoxy) is 1. The summed E-state index contributed by atoms with van der Waals surface area (Å²) in [5.41, 5.74) is 2.37. The van der Waals surface area contributed by atoms with Crippen molar-refractivity contribution in [2.75, 3.05) is 0 Å². The molecular formula is C15H19N3O. The predicted octanol–water partition coefficient (Wildman–Crippen LogP) is 2.25. The zero-order valence-corrected chi connectivity index (χ0v) is 11.2. The molecule has 0 amide bonds. The molecule has 1 saturated carbocycles. The second-order valence-corrected chi connectivity index (χ2v) is 5.08. The first-order chi connectivity index (χ1) is 9.31. The van der Waals surface area contributed by atoms with E-state index in [1.807, 2.05) is 29.9 Å². The van der Waals surface area contributed by atoms with Crippen molar-refractivity contribution in [2.45, 2.75) is 32.0 Å².